The van der Waals surface area contributed by atoms with Crippen molar-refractivity contribution in [1.29, 1.82) is 0 Å². The van der Waals surface area contributed by atoms with E-state index >= 15 is 0 Å². The van der Waals surface area contributed by atoms with E-state index in [0.29, 0.717) is 0 Å². The summed E-state index contributed by atoms with van der Waals surface area (Å²) < 4.78 is 27.6. The summed E-state index contributed by atoms with van der Waals surface area (Å²) in [5.41, 5.74) is 0.0787. The molecule has 1 aromatic carbocycles. The minimum atomic E-state index is -1.08. The number of carbonyl (C=O) groups excluding carboxylic acids is 1. The first-order valence-corrected chi connectivity index (χ1v) is 4.82. The predicted octanol–water partition coefficient (Wildman–Crippen LogP) is 1.95. The molecule has 2 aromatic rings. The molecule has 0 aliphatic heterocycles. The van der Waals surface area contributed by atoms with Gasteiger partial charge in [0.05, 0.1) is 17.4 Å². The fourth-order valence-corrected chi connectivity index (χ4v) is 1.33. The van der Waals surface area contributed by atoms with E-state index in [-0.39, 0.29) is 11.3 Å². The molecule has 0 spiro atoms. The number of nitrogens with one attached hydrogen (secondary N) is 1. The highest BCUT2D eigenvalue weighted by atomic mass is 19.2. The van der Waals surface area contributed by atoms with Crippen LogP contribution in [0, 0.1) is 11.6 Å². The number of anilines is 1. The lowest BCUT2D eigenvalue weighted by molar-refractivity contribution is 0.102. The van der Waals surface area contributed by atoms with E-state index in [9.17, 15) is 13.6 Å². The smallest absolute Gasteiger partial charge is 0.258 e. The van der Waals surface area contributed by atoms with Crippen LogP contribution in [0.1, 0.15) is 10.4 Å². The maximum Gasteiger partial charge on any atom is 0.258 e. The van der Waals surface area contributed by atoms with Gasteiger partial charge in [0, 0.05) is 13.2 Å². The van der Waals surface area contributed by atoms with Gasteiger partial charge in [-0.15, -0.1) is 0 Å². The lowest BCUT2D eigenvalue weighted by atomic mass is 10.2. The third-order valence-corrected chi connectivity index (χ3v) is 2.17. The normalized spacial score (nSPS) is 10.3. The summed E-state index contributed by atoms with van der Waals surface area (Å²) in [7, 11) is 1.65. The van der Waals surface area contributed by atoms with Crippen molar-refractivity contribution in [3.05, 3.63) is 47.8 Å². The minimum absolute atomic E-state index is 0.196. The van der Waals surface area contributed by atoms with E-state index in [0.717, 1.165) is 6.07 Å². The number of aromatic nitrogens is 2. The van der Waals surface area contributed by atoms with Crippen molar-refractivity contribution in [2.24, 2.45) is 7.05 Å². The predicted molar refractivity (Wildman–Crippen MR) is 57.5 cm³/mol. The maximum absolute atomic E-state index is 13.3. The van der Waals surface area contributed by atoms with Gasteiger partial charge in [-0.05, 0) is 12.1 Å². The Labute approximate surface area is 95.9 Å². The summed E-state index contributed by atoms with van der Waals surface area (Å²) in [4.78, 5) is 11.6. The molecule has 88 valence electrons. The molecule has 0 saturated carbocycles. The van der Waals surface area contributed by atoms with Crippen LogP contribution in [-0.2, 0) is 7.05 Å². The van der Waals surface area contributed by atoms with Gasteiger partial charge >= 0.3 is 0 Å². The van der Waals surface area contributed by atoms with Crippen molar-refractivity contribution in [3.63, 3.8) is 0 Å². The van der Waals surface area contributed by atoms with Crippen LogP contribution in [0.4, 0.5) is 14.5 Å². The summed E-state index contributed by atoms with van der Waals surface area (Å²) in [6, 6.07) is 3.58. The number of benzene rings is 1. The van der Waals surface area contributed by atoms with Crippen LogP contribution in [0.5, 0.6) is 0 Å². The zero-order chi connectivity index (χ0) is 12.4. The molecule has 0 fully saturated rings. The molecular weight excluding hydrogens is 228 g/mol. The van der Waals surface area contributed by atoms with Crippen LogP contribution < -0.4 is 5.32 Å². The number of nitrogens with zero attached hydrogens (tertiary/aromatic N) is 2. The van der Waals surface area contributed by atoms with E-state index in [1.165, 1.54) is 29.2 Å². The van der Waals surface area contributed by atoms with Gasteiger partial charge in [-0.2, -0.15) is 5.10 Å². The molecule has 1 aromatic heterocycles. The number of halogens is 2. The van der Waals surface area contributed by atoms with Crippen molar-refractivity contribution < 1.29 is 13.6 Å². The molecule has 1 N–H and O–H groups in total. The van der Waals surface area contributed by atoms with Gasteiger partial charge in [0.1, 0.15) is 0 Å². The van der Waals surface area contributed by atoms with Crippen molar-refractivity contribution in [2.75, 3.05) is 5.32 Å². The second-order valence-corrected chi connectivity index (χ2v) is 3.46. The third kappa shape index (κ3) is 2.30. The van der Waals surface area contributed by atoms with Crippen molar-refractivity contribution in [3.8, 4) is 0 Å². The zero-order valence-corrected chi connectivity index (χ0v) is 8.95. The van der Waals surface area contributed by atoms with E-state index in [1.54, 1.807) is 7.05 Å². The average Bonchev–Trinajstić information content (AvgIpc) is 2.72. The molecular formula is C11H9F2N3O. The Kier molecular flexibility index (Phi) is 2.86. The second kappa shape index (κ2) is 4.32. The topological polar surface area (TPSA) is 46.9 Å². The lowest BCUT2D eigenvalue weighted by Crippen LogP contribution is -2.12. The van der Waals surface area contributed by atoms with E-state index in [4.69, 9.17) is 0 Å². The van der Waals surface area contributed by atoms with Gasteiger partial charge in [0.15, 0.2) is 11.6 Å². The van der Waals surface area contributed by atoms with Gasteiger partial charge in [-0.3, -0.25) is 9.48 Å². The van der Waals surface area contributed by atoms with Crippen molar-refractivity contribution in [1.82, 2.24) is 9.78 Å². The molecule has 6 heteroatoms. The number of hydrogen-bond acceptors (Lipinski definition) is 2. The largest absolute Gasteiger partial charge is 0.319 e. The monoisotopic (exact) mass is 237 g/mol. The number of rotatable bonds is 2. The minimum Gasteiger partial charge on any atom is -0.319 e. The van der Waals surface area contributed by atoms with E-state index in [1.807, 2.05) is 0 Å². The molecule has 0 saturated heterocycles. The molecule has 0 radical (unpaired) electrons. The Morgan fingerprint density at radius 2 is 2.18 bits per heavy atom. The zero-order valence-electron chi connectivity index (χ0n) is 8.95. The Morgan fingerprint density at radius 1 is 1.41 bits per heavy atom. The molecule has 1 heterocycles. The van der Waals surface area contributed by atoms with Gasteiger partial charge in [-0.25, -0.2) is 8.78 Å². The summed E-state index contributed by atoms with van der Waals surface area (Å²) in [5.74, 6) is -2.62. The summed E-state index contributed by atoms with van der Waals surface area (Å²) in [6.07, 6.45) is 2.82. The molecule has 4 nitrogen and oxygen atoms in total. The first kappa shape index (κ1) is 11.3. The Hall–Kier alpha value is -2.24. The number of carbonyl (C=O) groups is 1. The average molecular weight is 237 g/mol. The fourth-order valence-electron chi connectivity index (χ4n) is 1.33. The number of amides is 1. The third-order valence-electron chi connectivity index (χ3n) is 2.17. The fraction of sp³-hybridized carbons (Fsp3) is 0.0909. The number of aryl methyl sites for hydroxylation is 1. The van der Waals surface area contributed by atoms with Gasteiger partial charge < -0.3 is 5.32 Å². The summed E-state index contributed by atoms with van der Waals surface area (Å²) in [5, 5.41) is 6.08. The molecule has 17 heavy (non-hydrogen) atoms. The lowest BCUT2D eigenvalue weighted by Gasteiger charge is -2.04. The first-order chi connectivity index (χ1) is 8.08. The van der Waals surface area contributed by atoms with E-state index < -0.39 is 17.5 Å². The Morgan fingerprint density at radius 3 is 2.82 bits per heavy atom. The molecule has 1 amide bonds. The molecule has 2 rings (SSSR count). The molecule has 0 bridgehead atoms. The van der Waals surface area contributed by atoms with Gasteiger partial charge in [-0.1, -0.05) is 6.07 Å². The standard InChI is InChI=1S/C11H9F2N3O/c1-16-6-7(5-14-16)11(17)15-9-4-2-3-8(12)10(9)13/h2-6H,1H3,(H,15,17). The molecule has 0 aliphatic rings. The molecule has 0 unspecified atom stereocenters. The highest BCUT2D eigenvalue weighted by Gasteiger charge is 2.12. The number of hydrogen-bond donors (Lipinski definition) is 1. The molecule has 0 aliphatic carbocycles. The van der Waals surface area contributed by atoms with Crippen molar-refractivity contribution in [2.45, 2.75) is 0 Å². The first-order valence-electron chi connectivity index (χ1n) is 4.82. The van der Waals surface area contributed by atoms with Crippen LogP contribution >= 0.6 is 0 Å². The van der Waals surface area contributed by atoms with Crippen LogP contribution in [0.2, 0.25) is 0 Å². The van der Waals surface area contributed by atoms with Crippen molar-refractivity contribution >= 4 is 11.6 Å². The van der Waals surface area contributed by atoms with Crippen LogP contribution in [-0.4, -0.2) is 15.7 Å². The van der Waals surface area contributed by atoms with E-state index in [2.05, 4.69) is 10.4 Å². The van der Waals surface area contributed by atoms with Gasteiger partial charge in [0.2, 0.25) is 0 Å². The van der Waals surface area contributed by atoms with Gasteiger partial charge in [0.25, 0.3) is 5.91 Å². The highest BCUT2D eigenvalue weighted by molar-refractivity contribution is 6.03. The second-order valence-electron chi connectivity index (χ2n) is 3.46. The highest BCUT2D eigenvalue weighted by Crippen LogP contribution is 2.17. The SMILES string of the molecule is Cn1cc(C(=O)Nc2cccc(F)c2F)cn1. The summed E-state index contributed by atoms with van der Waals surface area (Å²) >= 11 is 0. The Balaban J connectivity index is 2.21. The van der Waals surface area contributed by atoms with Crippen LogP contribution in [0.3, 0.4) is 0 Å². The maximum atomic E-state index is 13.3. The van der Waals surface area contributed by atoms with Crippen LogP contribution in [0.15, 0.2) is 30.6 Å². The quantitative estimate of drug-likeness (QED) is 0.867. The summed E-state index contributed by atoms with van der Waals surface area (Å²) in [6.45, 7) is 0. The molecule has 0 atom stereocenters. The Bertz CT molecular complexity index is 566. The van der Waals surface area contributed by atoms with Crippen LogP contribution in [0.25, 0.3) is 0 Å².